The molecule has 1 fully saturated rings. The number of hydrogen-bond acceptors (Lipinski definition) is 4. The van der Waals surface area contributed by atoms with Crippen LogP contribution in [0.5, 0.6) is 0 Å². The highest BCUT2D eigenvalue weighted by molar-refractivity contribution is 5.91. The number of anilines is 1. The monoisotopic (exact) mass is 293 g/mol. The van der Waals surface area contributed by atoms with Gasteiger partial charge in [0.15, 0.2) is 5.82 Å². The van der Waals surface area contributed by atoms with Crippen molar-refractivity contribution in [3.8, 4) is 0 Å². The molecule has 1 aliphatic rings. The first-order chi connectivity index (χ1) is 9.74. The Morgan fingerprint density at radius 2 is 2.10 bits per heavy atom. The lowest BCUT2D eigenvalue weighted by atomic mass is 10.2. The molecule has 2 atom stereocenters. The van der Waals surface area contributed by atoms with Gasteiger partial charge in [0.05, 0.1) is 6.42 Å². The Morgan fingerprint density at radius 1 is 1.43 bits per heavy atom. The van der Waals surface area contributed by atoms with Gasteiger partial charge in [0.1, 0.15) is 5.60 Å². The lowest BCUT2D eigenvalue weighted by Crippen LogP contribution is -2.24. The van der Waals surface area contributed by atoms with Gasteiger partial charge in [0.2, 0.25) is 5.91 Å². The highest BCUT2D eigenvalue weighted by Gasteiger charge is 2.35. The zero-order chi connectivity index (χ0) is 15.6. The van der Waals surface area contributed by atoms with Gasteiger partial charge in [-0.3, -0.25) is 14.7 Å². The van der Waals surface area contributed by atoms with Crippen molar-refractivity contribution in [3.05, 3.63) is 11.8 Å². The van der Waals surface area contributed by atoms with Crippen molar-refractivity contribution in [2.45, 2.75) is 58.5 Å². The second-order valence-electron chi connectivity index (χ2n) is 6.66. The van der Waals surface area contributed by atoms with Gasteiger partial charge in [0, 0.05) is 24.1 Å². The minimum atomic E-state index is -0.522. The fourth-order valence-electron chi connectivity index (χ4n) is 2.16. The predicted octanol–water partition coefficient (Wildman–Crippen LogP) is 2.59. The Kier molecular flexibility index (Phi) is 4.34. The fraction of sp³-hybridized carbons (Fsp3) is 0.667. The largest absolute Gasteiger partial charge is 0.460 e. The van der Waals surface area contributed by atoms with E-state index in [-0.39, 0.29) is 24.7 Å². The Morgan fingerprint density at radius 3 is 2.67 bits per heavy atom. The van der Waals surface area contributed by atoms with E-state index in [0.717, 1.165) is 12.1 Å². The Labute approximate surface area is 124 Å². The fourth-order valence-corrected chi connectivity index (χ4v) is 2.16. The van der Waals surface area contributed by atoms with Crippen LogP contribution >= 0.6 is 0 Å². The summed E-state index contributed by atoms with van der Waals surface area (Å²) in [6.07, 6.45) is 1.32. The third-order valence-electron chi connectivity index (χ3n) is 3.35. The van der Waals surface area contributed by atoms with Crippen molar-refractivity contribution in [3.63, 3.8) is 0 Å². The minimum absolute atomic E-state index is 0.0695. The van der Waals surface area contributed by atoms with Crippen molar-refractivity contribution in [2.75, 3.05) is 5.32 Å². The molecule has 6 nitrogen and oxygen atoms in total. The van der Waals surface area contributed by atoms with Crippen LogP contribution in [0.3, 0.4) is 0 Å². The molecule has 0 bridgehead atoms. The molecule has 2 N–H and O–H groups in total. The van der Waals surface area contributed by atoms with Crippen LogP contribution < -0.4 is 5.32 Å². The summed E-state index contributed by atoms with van der Waals surface area (Å²) in [4.78, 5) is 23.3. The van der Waals surface area contributed by atoms with Crippen LogP contribution in [-0.2, 0) is 14.3 Å². The van der Waals surface area contributed by atoms with E-state index in [1.54, 1.807) is 20.8 Å². The van der Waals surface area contributed by atoms with E-state index in [2.05, 4.69) is 22.4 Å². The van der Waals surface area contributed by atoms with Gasteiger partial charge in [-0.2, -0.15) is 5.10 Å². The van der Waals surface area contributed by atoms with Crippen LogP contribution in [0.25, 0.3) is 0 Å². The average molecular weight is 293 g/mol. The van der Waals surface area contributed by atoms with Crippen LogP contribution in [0.4, 0.5) is 5.82 Å². The molecule has 0 saturated heterocycles. The maximum Gasteiger partial charge on any atom is 0.306 e. The zero-order valence-corrected chi connectivity index (χ0v) is 13.0. The summed E-state index contributed by atoms with van der Waals surface area (Å²) in [7, 11) is 0. The van der Waals surface area contributed by atoms with Crippen LogP contribution in [0, 0.1) is 5.92 Å². The summed E-state index contributed by atoms with van der Waals surface area (Å²) in [6, 6.07) is 1.86. The zero-order valence-electron chi connectivity index (χ0n) is 13.0. The van der Waals surface area contributed by atoms with E-state index in [9.17, 15) is 9.59 Å². The lowest BCUT2D eigenvalue weighted by molar-refractivity contribution is -0.155. The molecule has 0 spiro atoms. The molecule has 21 heavy (non-hydrogen) atoms. The molecule has 0 aliphatic heterocycles. The molecule has 0 radical (unpaired) electrons. The molecular weight excluding hydrogens is 270 g/mol. The van der Waals surface area contributed by atoms with E-state index in [0.29, 0.717) is 17.7 Å². The number of amides is 1. The minimum Gasteiger partial charge on any atom is -0.460 e. The third-order valence-corrected chi connectivity index (χ3v) is 3.35. The Bertz CT molecular complexity index is 531. The topological polar surface area (TPSA) is 84.1 Å². The summed E-state index contributed by atoms with van der Waals surface area (Å²) in [5, 5.41) is 9.70. The maximum absolute atomic E-state index is 11.8. The molecule has 1 aromatic rings. The second-order valence-corrected chi connectivity index (χ2v) is 6.66. The van der Waals surface area contributed by atoms with Crippen LogP contribution in [0.1, 0.15) is 58.6 Å². The van der Waals surface area contributed by atoms with Crippen molar-refractivity contribution < 1.29 is 14.3 Å². The van der Waals surface area contributed by atoms with Crippen LogP contribution in [0.15, 0.2) is 6.07 Å². The first kappa shape index (κ1) is 15.5. The molecule has 1 saturated carbocycles. The summed E-state index contributed by atoms with van der Waals surface area (Å²) >= 11 is 0. The maximum atomic E-state index is 11.8. The highest BCUT2D eigenvalue weighted by atomic mass is 16.6. The van der Waals surface area contributed by atoms with Gasteiger partial charge in [-0.25, -0.2) is 0 Å². The van der Waals surface area contributed by atoms with Crippen molar-refractivity contribution in [1.82, 2.24) is 10.2 Å². The smallest absolute Gasteiger partial charge is 0.306 e. The molecule has 1 aromatic heterocycles. The van der Waals surface area contributed by atoms with Crippen molar-refractivity contribution >= 4 is 17.7 Å². The van der Waals surface area contributed by atoms with E-state index in [1.165, 1.54) is 0 Å². The van der Waals surface area contributed by atoms with Gasteiger partial charge >= 0.3 is 5.97 Å². The Balaban J connectivity index is 1.74. The van der Waals surface area contributed by atoms with Gasteiger partial charge in [-0.15, -0.1) is 0 Å². The molecule has 2 unspecified atom stereocenters. The number of H-pyrrole nitrogens is 1. The van der Waals surface area contributed by atoms with Crippen molar-refractivity contribution in [1.29, 1.82) is 0 Å². The number of carbonyl (C=O) groups excluding carboxylic acids is 2. The molecule has 6 heteroatoms. The highest BCUT2D eigenvalue weighted by Crippen LogP contribution is 2.46. The molecular formula is C15H23N3O3. The number of aromatic amines is 1. The average Bonchev–Trinajstić information content (AvgIpc) is 2.89. The quantitative estimate of drug-likeness (QED) is 0.817. The molecule has 2 rings (SSSR count). The molecule has 1 aliphatic carbocycles. The number of nitrogens with one attached hydrogen (secondary N) is 2. The first-order valence-electron chi connectivity index (χ1n) is 7.31. The number of carbonyl (C=O) groups is 2. The predicted molar refractivity (Wildman–Crippen MR) is 78.8 cm³/mol. The number of nitrogens with zero attached hydrogens (tertiary/aromatic N) is 1. The number of ether oxygens (including phenoxy) is 1. The normalized spacial score (nSPS) is 21.0. The number of rotatable bonds is 5. The second kappa shape index (κ2) is 5.87. The molecule has 1 amide bonds. The molecule has 116 valence electrons. The summed E-state index contributed by atoms with van der Waals surface area (Å²) < 4.78 is 5.15. The third kappa shape index (κ3) is 4.88. The van der Waals surface area contributed by atoms with E-state index < -0.39 is 5.60 Å². The van der Waals surface area contributed by atoms with Gasteiger partial charge in [-0.1, -0.05) is 6.92 Å². The lowest BCUT2D eigenvalue weighted by Gasteiger charge is -2.19. The number of hydrogen-bond donors (Lipinski definition) is 2. The standard InChI is InChI=1S/C15H23N3O3/c1-9-7-10(9)11-8-12(18-17-11)16-13(19)5-6-14(20)21-15(2,3)4/h8-10H,5-7H2,1-4H3,(H2,16,17,18,19). The van der Waals surface area contributed by atoms with E-state index in [1.807, 2.05) is 6.07 Å². The van der Waals surface area contributed by atoms with Crippen LogP contribution in [0.2, 0.25) is 0 Å². The first-order valence-corrected chi connectivity index (χ1v) is 7.31. The van der Waals surface area contributed by atoms with Gasteiger partial charge in [-0.05, 0) is 33.1 Å². The van der Waals surface area contributed by atoms with Gasteiger partial charge < -0.3 is 10.1 Å². The summed E-state index contributed by atoms with van der Waals surface area (Å²) in [6.45, 7) is 7.59. The van der Waals surface area contributed by atoms with Gasteiger partial charge in [0.25, 0.3) is 0 Å². The van der Waals surface area contributed by atoms with Crippen molar-refractivity contribution in [2.24, 2.45) is 5.92 Å². The number of esters is 1. The molecule has 0 aromatic carbocycles. The number of aromatic nitrogens is 2. The van der Waals surface area contributed by atoms with E-state index >= 15 is 0 Å². The summed E-state index contributed by atoms with van der Waals surface area (Å²) in [5.41, 5.74) is 0.538. The van der Waals surface area contributed by atoms with Crippen LogP contribution in [-0.4, -0.2) is 27.7 Å². The summed E-state index contributed by atoms with van der Waals surface area (Å²) in [5.74, 6) is 1.12. The van der Waals surface area contributed by atoms with E-state index in [4.69, 9.17) is 4.74 Å². The SMILES string of the molecule is CC1CC1c1cc(NC(=O)CCC(=O)OC(C)(C)C)n[nH]1. The molecule has 1 heterocycles. The Hall–Kier alpha value is -1.85.